The quantitative estimate of drug-likeness (QED) is 0.575. The number of carbonyl (C=O) groups is 2. The Labute approximate surface area is 173 Å². The van der Waals surface area contributed by atoms with Crippen molar-refractivity contribution in [2.75, 3.05) is 13.7 Å². The number of benzene rings is 1. The van der Waals surface area contributed by atoms with Gasteiger partial charge in [0.05, 0.1) is 25.8 Å². The van der Waals surface area contributed by atoms with Crippen LogP contribution in [0.5, 0.6) is 11.5 Å². The Kier molecular flexibility index (Phi) is 10.1. The summed E-state index contributed by atoms with van der Waals surface area (Å²) in [5.41, 5.74) is 6.64. The van der Waals surface area contributed by atoms with Crippen LogP contribution in [0.1, 0.15) is 45.1 Å². The summed E-state index contributed by atoms with van der Waals surface area (Å²) in [7, 11) is 1.60. The van der Waals surface area contributed by atoms with Gasteiger partial charge in [-0.25, -0.2) is 0 Å². The molecule has 28 heavy (non-hydrogen) atoms. The molecule has 1 atom stereocenters. The molecule has 2 amide bonds. The van der Waals surface area contributed by atoms with Gasteiger partial charge in [0, 0.05) is 6.54 Å². The number of ether oxygens (including phenoxy) is 2. The molecule has 1 saturated carbocycles. The fourth-order valence-electron chi connectivity index (χ4n) is 2.96. The van der Waals surface area contributed by atoms with Gasteiger partial charge in [-0.05, 0) is 49.3 Å². The van der Waals surface area contributed by atoms with Crippen molar-refractivity contribution < 1.29 is 19.1 Å². The van der Waals surface area contributed by atoms with Crippen molar-refractivity contribution in [1.82, 2.24) is 10.6 Å². The molecule has 0 spiro atoms. The van der Waals surface area contributed by atoms with Gasteiger partial charge < -0.3 is 25.8 Å². The molecule has 1 aromatic carbocycles. The summed E-state index contributed by atoms with van der Waals surface area (Å²) < 4.78 is 11.4. The van der Waals surface area contributed by atoms with Gasteiger partial charge in [0.2, 0.25) is 11.8 Å². The van der Waals surface area contributed by atoms with Crippen LogP contribution < -0.4 is 25.8 Å². The SMILES string of the molecule is COc1cc(CNC(=O)CNC(=O)[C@@H](N)C(C)C)ccc1OC1CCCC1.Cl. The summed E-state index contributed by atoms with van der Waals surface area (Å²) in [4.78, 5) is 23.7. The number of amides is 2. The van der Waals surface area contributed by atoms with E-state index in [9.17, 15) is 9.59 Å². The lowest BCUT2D eigenvalue weighted by molar-refractivity contribution is -0.127. The number of methoxy groups -OCH3 is 1. The van der Waals surface area contributed by atoms with Gasteiger partial charge in [0.1, 0.15) is 0 Å². The molecule has 0 aliphatic heterocycles. The predicted octanol–water partition coefficient (Wildman–Crippen LogP) is 2.15. The van der Waals surface area contributed by atoms with Crippen LogP contribution >= 0.6 is 12.4 Å². The fraction of sp³-hybridized carbons (Fsp3) is 0.600. The van der Waals surface area contributed by atoms with Crippen molar-refractivity contribution in [3.05, 3.63) is 23.8 Å². The molecule has 1 aromatic rings. The molecule has 1 fully saturated rings. The monoisotopic (exact) mass is 413 g/mol. The molecular weight excluding hydrogens is 382 g/mol. The van der Waals surface area contributed by atoms with Gasteiger partial charge in [-0.15, -0.1) is 12.4 Å². The molecule has 158 valence electrons. The van der Waals surface area contributed by atoms with Gasteiger partial charge in [-0.3, -0.25) is 9.59 Å². The van der Waals surface area contributed by atoms with Crippen LogP contribution in [0.2, 0.25) is 0 Å². The van der Waals surface area contributed by atoms with Crippen LogP contribution in [-0.4, -0.2) is 37.6 Å². The van der Waals surface area contributed by atoms with E-state index >= 15 is 0 Å². The molecular formula is C20H32ClN3O4. The first-order valence-corrected chi connectivity index (χ1v) is 9.54. The number of nitrogens with one attached hydrogen (secondary N) is 2. The Balaban J connectivity index is 0.00000392. The normalized spacial score (nSPS) is 14.9. The zero-order valence-corrected chi connectivity index (χ0v) is 17.6. The molecule has 0 aromatic heterocycles. The second kappa shape index (κ2) is 11.8. The van der Waals surface area contributed by atoms with E-state index in [1.807, 2.05) is 32.0 Å². The van der Waals surface area contributed by atoms with Crippen molar-refractivity contribution in [3.63, 3.8) is 0 Å². The summed E-state index contributed by atoms with van der Waals surface area (Å²) in [5, 5.41) is 5.33. The Morgan fingerprint density at radius 2 is 1.86 bits per heavy atom. The summed E-state index contributed by atoms with van der Waals surface area (Å²) in [6.07, 6.45) is 4.82. The molecule has 8 heteroatoms. The Morgan fingerprint density at radius 3 is 2.46 bits per heavy atom. The average Bonchev–Trinajstić information content (AvgIpc) is 3.17. The summed E-state index contributed by atoms with van der Waals surface area (Å²) >= 11 is 0. The lowest BCUT2D eigenvalue weighted by Crippen LogP contribution is -2.47. The van der Waals surface area contributed by atoms with Crippen molar-refractivity contribution in [3.8, 4) is 11.5 Å². The Hall–Kier alpha value is -1.99. The smallest absolute Gasteiger partial charge is 0.239 e. The number of halogens is 1. The number of carbonyl (C=O) groups excluding carboxylic acids is 2. The Bertz CT molecular complexity index is 648. The third kappa shape index (κ3) is 7.20. The predicted molar refractivity (Wildman–Crippen MR) is 111 cm³/mol. The number of nitrogens with two attached hydrogens (primary N) is 1. The molecule has 4 N–H and O–H groups in total. The second-order valence-electron chi connectivity index (χ2n) is 7.27. The third-order valence-electron chi connectivity index (χ3n) is 4.76. The van der Waals surface area contributed by atoms with E-state index in [0.717, 1.165) is 24.2 Å². The Morgan fingerprint density at radius 1 is 1.18 bits per heavy atom. The minimum atomic E-state index is -0.616. The van der Waals surface area contributed by atoms with Gasteiger partial charge in [-0.2, -0.15) is 0 Å². The molecule has 1 aliphatic carbocycles. The third-order valence-corrected chi connectivity index (χ3v) is 4.76. The summed E-state index contributed by atoms with van der Waals surface area (Å²) in [6.45, 7) is 3.96. The number of rotatable bonds is 9. The highest BCUT2D eigenvalue weighted by Crippen LogP contribution is 2.32. The average molecular weight is 414 g/mol. The maximum absolute atomic E-state index is 11.9. The molecule has 0 radical (unpaired) electrons. The first-order valence-electron chi connectivity index (χ1n) is 9.54. The largest absolute Gasteiger partial charge is 0.493 e. The van der Waals surface area contributed by atoms with Gasteiger partial charge in [0.25, 0.3) is 0 Å². The van der Waals surface area contributed by atoms with Crippen molar-refractivity contribution in [1.29, 1.82) is 0 Å². The van der Waals surface area contributed by atoms with E-state index in [-0.39, 0.29) is 42.8 Å². The number of hydrogen-bond acceptors (Lipinski definition) is 5. The lowest BCUT2D eigenvalue weighted by Gasteiger charge is -2.17. The number of hydrogen-bond donors (Lipinski definition) is 3. The van der Waals surface area contributed by atoms with Gasteiger partial charge >= 0.3 is 0 Å². The van der Waals surface area contributed by atoms with Crippen LogP contribution in [0.3, 0.4) is 0 Å². The molecule has 7 nitrogen and oxygen atoms in total. The van der Waals surface area contributed by atoms with Crippen LogP contribution in [0.25, 0.3) is 0 Å². The highest BCUT2D eigenvalue weighted by atomic mass is 35.5. The van der Waals surface area contributed by atoms with E-state index < -0.39 is 6.04 Å². The van der Waals surface area contributed by atoms with Crippen molar-refractivity contribution >= 4 is 24.2 Å². The first kappa shape index (κ1) is 24.0. The van der Waals surface area contributed by atoms with Gasteiger partial charge in [-0.1, -0.05) is 19.9 Å². The minimum absolute atomic E-state index is 0. The van der Waals surface area contributed by atoms with Crippen LogP contribution in [-0.2, 0) is 16.1 Å². The maximum atomic E-state index is 11.9. The molecule has 2 rings (SSSR count). The maximum Gasteiger partial charge on any atom is 0.239 e. The molecule has 0 heterocycles. The lowest BCUT2D eigenvalue weighted by atomic mass is 10.1. The van der Waals surface area contributed by atoms with Crippen molar-refractivity contribution in [2.24, 2.45) is 11.7 Å². The molecule has 0 bridgehead atoms. The molecule has 0 saturated heterocycles. The zero-order valence-electron chi connectivity index (χ0n) is 16.8. The van der Waals surface area contributed by atoms with Crippen LogP contribution in [0, 0.1) is 5.92 Å². The van der Waals surface area contributed by atoms with Crippen LogP contribution in [0.15, 0.2) is 18.2 Å². The van der Waals surface area contributed by atoms with E-state index in [1.54, 1.807) is 7.11 Å². The topological polar surface area (TPSA) is 103 Å². The minimum Gasteiger partial charge on any atom is -0.493 e. The molecule has 0 unspecified atom stereocenters. The van der Waals surface area contributed by atoms with Crippen LogP contribution in [0.4, 0.5) is 0 Å². The zero-order chi connectivity index (χ0) is 19.8. The first-order chi connectivity index (χ1) is 12.9. The molecule has 1 aliphatic rings. The summed E-state index contributed by atoms with van der Waals surface area (Å²) in [6, 6.07) is 5.02. The fourth-order valence-corrected chi connectivity index (χ4v) is 2.96. The standard InChI is InChI=1S/C20H31N3O4.ClH/c1-13(2)19(21)20(25)23-12-18(24)22-11-14-8-9-16(17(10-14)26-3)27-15-6-4-5-7-15;/h8-10,13,15,19H,4-7,11-12,21H2,1-3H3,(H,22,24)(H,23,25);1H/t19-;/m0./s1. The second-order valence-corrected chi connectivity index (χ2v) is 7.27. The van der Waals surface area contributed by atoms with Crippen molar-refractivity contribution in [2.45, 2.75) is 58.2 Å². The van der Waals surface area contributed by atoms with E-state index in [1.165, 1.54) is 12.8 Å². The van der Waals surface area contributed by atoms with Gasteiger partial charge in [0.15, 0.2) is 11.5 Å². The van der Waals surface area contributed by atoms with E-state index in [0.29, 0.717) is 12.3 Å². The summed E-state index contributed by atoms with van der Waals surface area (Å²) in [5.74, 6) is 0.810. The van der Waals surface area contributed by atoms with E-state index in [4.69, 9.17) is 15.2 Å². The highest BCUT2D eigenvalue weighted by molar-refractivity contribution is 5.87. The highest BCUT2D eigenvalue weighted by Gasteiger charge is 2.19. The van der Waals surface area contributed by atoms with E-state index in [2.05, 4.69) is 10.6 Å².